The van der Waals surface area contributed by atoms with Crippen LogP contribution in [0.4, 0.5) is 0 Å². The molecule has 3 atom stereocenters. The van der Waals surface area contributed by atoms with Gasteiger partial charge in [0.25, 0.3) is 0 Å². The average molecular weight is 332 g/mol. The van der Waals surface area contributed by atoms with Crippen LogP contribution in [0.15, 0.2) is 12.1 Å². The summed E-state index contributed by atoms with van der Waals surface area (Å²) in [6.45, 7) is 8.84. The van der Waals surface area contributed by atoms with Crippen molar-refractivity contribution in [2.75, 3.05) is 7.11 Å². The average Bonchev–Trinajstić information content (AvgIpc) is 2.67. The van der Waals surface area contributed by atoms with Gasteiger partial charge in [-0.2, -0.15) is 0 Å². The number of ether oxygens (including phenoxy) is 1. The smallest absolute Gasteiger partial charge is 0.122 e. The third-order valence-corrected chi connectivity index (χ3v) is 6.54. The quantitative estimate of drug-likeness (QED) is 0.865. The molecule has 0 spiro atoms. The Labute approximate surface area is 146 Å². The molecule has 3 nitrogen and oxygen atoms in total. The number of hydrogen-bond donors (Lipinski definition) is 2. The summed E-state index contributed by atoms with van der Waals surface area (Å²) in [5.74, 6) is 1.42. The number of aliphatic hydroxyl groups excluding tert-OH is 1. The summed E-state index contributed by atoms with van der Waals surface area (Å²) in [7, 11) is 1.71. The van der Waals surface area contributed by atoms with Crippen molar-refractivity contribution in [2.24, 2.45) is 11.3 Å². The molecular weight excluding hydrogens is 300 g/mol. The fourth-order valence-electron chi connectivity index (χ4n) is 5.04. The number of hydrogen-bond acceptors (Lipinski definition) is 3. The maximum Gasteiger partial charge on any atom is 0.122 e. The van der Waals surface area contributed by atoms with E-state index >= 15 is 0 Å². The summed E-state index contributed by atoms with van der Waals surface area (Å²) in [6, 6.07) is 4.36. The van der Waals surface area contributed by atoms with Crippen LogP contribution in [0.1, 0.15) is 69.6 Å². The molecule has 0 radical (unpaired) electrons. The van der Waals surface area contributed by atoms with Crippen molar-refractivity contribution in [3.05, 3.63) is 28.8 Å². The highest BCUT2D eigenvalue weighted by atomic mass is 16.5. The number of rotatable bonds is 2. The molecule has 0 saturated heterocycles. The van der Waals surface area contributed by atoms with Crippen LogP contribution in [0.2, 0.25) is 0 Å². The van der Waals surface area contributed by atoms with E-state index in [9.17, 15) is 10.2 Å². The molecule has 2 aliphatic carbocycles. The Bertz CT molecular complexity index is 620. The fraction of sp³-hybridized carbons (Fsp3) is 0.714. The third-order valence-electron chi connectivity index (χ3n) is 6.54. The highest BCUT2D eigenvalue weighted by Gasteiger charge is 2.54. The van der Waals surface area contributed by atoms with Gasteiger partial charge in [-0.05, 0) is 65.7 Å². The molecule has 0 unspecified atom stereocenters. The summed E-state index contributed by atoms with van der Waals surface area (Å²) >= 11 is 0. The molecule has 1 aromatic rings. The zero-order chi connectivity index (χ0) is 17.7. The molecule has 1 aromatic carbocycles. The van der Waals surface area contributed by atoms with Crippen LogP contribution in [-0.4, -0.2) is 29.0 Å². The van der Waals surface area contributed by atoms with Crippen molar-refractivity contribution in [1.82, 2.24) is 0 Å². The lowest BCUT2D eigenvalue weighted by molar-refractivity contribution is -0.173. The SMILES string of the molecule is COc1cc2c(cc1C(C)C)CC[C@H]1C(C)(C)CC[C@@H](O)[C@@]1(O)C2. The number of aliphatic hydroxyl groups is 2. The van der Waals surface area contributed by atoms with E-state index in [0.717, 1.165) is 30.6 Å². The minimum atomic E-state index is -1.03. The molecular formula is C21H32O3. The first-order valence-corrected chi connectivity index (χ1v) is 9.29. The van der Waals surface area contributed by atoms with E-state index in [4.69, 9.17) is 4.74 Å². The van der Waals surface area contributed by atoms with Crippen molar-refractivity contribution in [3.8, 4) is 5.75 Å². The summed E-state index contributed by atoms with van der Waals surface area (Å²) in [4.78, 5) is 0. The van der Waals surface area contributed by atoms with Gasteiger partial charge in [-0.1, -0.05) is 33.8 Å². The van der Waals surface area contributed by atoms with Gasteiger partial charge < -0.3 is 14.9 Å². The van der Waals surface area contributed by atoms with Crippen LogP contribution < -0.4 is 4.74 Å². The van der Waals surface area contributed by atoms with Crippen molar-refractivity contribution < 1.29 is 14.9 Å². The summed E-state index contributed by atoms with van der Waals surface area (Å²) in [5, 5.41) is 22.1. The van der Waals surface area contributed by atoms with Gasteiger partial charge in [-0.15, -0.1) is 0 Å². The lowest BCUT2D eigenvalue weighted by atomic mass is 9.58. The predicted molar refractivity (Wildman–Crippen MR) is 96.6 cm³/mol. The van der Waals surface area contributed by atoms with Crippen LogP contribution in [0.5, 0.6) is 5.75 Å². The molecule has 3 heteroatoms. The van der Waals surface area contributed by atoms with Gasteiger partial charge in [0.05, 0.1) is 18.8 Å². The van der Waals surface area contributed by atoms with Gasteiger partial charge in [-0.25, -0.2) is 0 Å². The lowest BCUT2D eigenvalue weighted by Gasteiger charge is -2.51. The molecule has 24 heavy (non-hydrogen) atoms. The second-order valence-corrected chi connectivity index (χ2v) is 8.82. The molecule has 2 N–H and O–H groups in total. The third kappa shape index (κ3) is 2.76. The molecule has 0 bridgehead atoms. The Hall–Kier alpha value is -1.06. The largest absolute Gasteiger partial charge is 0.496 e. The first kappa shape index (κ1) is 17.8. The van der Waals surface area contributed by atoms with Crippen LogP contribution in [0.3, 0.4) is 0 Å². The summed E-state index contributed by atoms with van der Waals surface area (Å²) in [5.41, 5.74) is 2.70. The zero-order valence-electron chi connectivity index (χ0n) is 15.7. The molecule has 1 fully saturated rings. The highest BCUT2D eigenvalue weighted by molar-refractivity contribution is 5.46. The van der Waals surface area contributed by atoms with Gasteiger partial charge in [0, 0.05) is 6.42 Å². The Morgan fingerprint density at radius 1 is 1.17 bits per heavy atom. The Kier molecular flexibility index (Phi) is 4.46. The van der Waals surface area contributed by atoms with E-state index in [1.165, 1.54) is 11.1 Å². The van der Waals surface area contributed by atoms with Crippen molar-refractivity contribution in [3.63, 3.8) is 0 Å². The Morgan fingerprint density at radius 2 is 1.88 bits per heavy atom. The molecule has 1 saturated carbocycles. The van der Waals surface area contributed by atoms with Crippen LogP contribution in [0.25, 0.3) is 0 Å². The number of aryl methyl sites for hydroxylation is 1. The number of benzene rings is 1. The number of methoxy groups -OCH3 is 1. The zero-order valence-corrected chi connectivity index (χ0v) is 15.7. The van der Waals surface area contributed by atoms with Crippen molar-refractivity contribution in [2.45, 2.75) is 77.4 Å². The van der Waals surface area contributed by atoms with Crippen LogP contribution in [0, 0.1) is 11.3 Å². The van der Waals surface area contributed by atoms with E-state index in [1.54, 1.807) is 7.11 Å². The van der Waals surface area contributed by atoms with Gasteiger partial charge in [-0.3, -0.25) is 0 Å². The molecule has 0 heterocycles. The van der Waals surface area contributed by atoms with E-state index in [2.05, 4.69) is 39.8 Å². The standard InChI is InChI=1S/C21H32O3/c1-13(2)16-10-14-6-7-18-20(3,4)9-8-19(22)21(18,23)12-15(14)11-17(16)24-5/h10-11,13,18-19,22-23H,6-9,12H2,1-5H3/t18-,19+,21+/m0/s1. The minimum Gasteiger partial charge on any atom is -0.496 e. The minimum absolute atomic E-state index is 0.0565. The molecule has 2 aliphatic rings. The first-order valence-electron chi connectivity index (χ1n) is 9.29. The topological polar surface area (TPSA) is 49.7 Å². The van der Waals surface area contributed by atoms with Crippen molar-refractivity contribution >= 4 is 0 Å². The van der Waals surface area contributed by atoms with E-state index in [-0.39, 0.29) is 11.3 Å². The van der Waals surface area contributed by atoms with Crippen LogP contribution >= 0.6 is 0 Å². The molecule has 134 valence electrons. The predicted octanol–water partition coefficient (Wildman–Crippen LogP) is 3.84. The molecule has 0 aliphatic heterocycles. The van der Waals surface area contributed by atoms with Gasteiger partial charge in [0.2, 0.25) is 0 Å². The maximum atomic E-state index is 11.5. The molecule has 3 rings (SSSR count). The van der Waals surface area contributed by atoms with Gasteiger partial charge in [0.15, 0.2) is 0 Å². The Balaban J connectivity index is 2.07. The van der Waals surface area contributed by atoms with Crippen LogP contribution in [-0.2, 0) is 12.8 Å². The highest BCUT2D eigenvalue weighted by Crippen LogP contribution is 2.51. The van der Waals surface area contributed by atoms with E-state index < -0.39 is 11.7 Å². The maximum absolute atomic E-state index is 11.5. The van der Waals surface area contributed by atoms with Gasteiger partial charge >= 0.3 is 0 Å². The normalized spacial score (nSPS) is 32.0. The van der Waals surface area contributed by atoms with Gasteiger partial charge in [0.1, 0.15) is 5.75 Å². The fourth-order valence-corrected chi connectivity index (χ4v) is 5.04. The van der Waals surface area contributed by atoms with E-state index in [0.29, 0.717) is 18.8 Å². The molecule has 0 amide bonds. The summed E-state index contributed by atoms with van der Waals surface area (Å²) < 4.78 is 5.61. The number of fused-ring (bicyclic) bond motifs is 2. The lowest BCUT2D eigenvalue weighted by Crippen LogP contribution is -2.58. The summed E-state index contributed by atoms with van der Waals surface area (Å²) in [6.07, 6.45) is 3.41. The van der Waals surface area contributed by atoms with E-state index in [1.807, 2.05) is 0 Å². The first-order chi connectivity index (χ1) is 11.2. The Morgan fingerprint density at radius 3 is 2.50 bits per heavy atom. The molecule has 0 aromatic heterocycles. The van der Waals surface area contributed by atoms with Crippen molar-refractivity contribution in [1.29, 1.82) is 0 Å². The second kappa shape index (κ2) is 6.03. The monoisotopic (exact) mass is 332 g/mol. The second-order valence-electron chi connectivity index (χ2n) is 8.82.